The number of benzene rings is 7. The van der Waals surface area contributed by atoms with Crippen molar-refractivity contribution in [2.75, 3.05) is 0 Å². The van der Waals surface area contributed by atoms with Gasteiger partial charge in [0, 0.05) is 62.6 Å². The molecular formula is C46H26N4OS2. The number of hydrogen-bond donors (Lipinski definition) is 0. The summed E-state index contributed by atoms with van der Waals surface area (Å²) < 4.78 is 11.1. The van der Waals surface area contributed by atoms with E-state index in [2.05, 4.69) is 103 Å². The summed E-state index contributed by atoms with van der Waals surface area (Å²) in [6.45, 7) is 0. The highest BCUT2D eigenvalue weighted by atomic mass is 32.1. The summed E-state index contributed by atoms with van der Waals surface area (Å²) in [7, 11) is 0. The summed E-state index contributed by atoms with van der Waals surface area (Å²) in [6.07, 6.45) is 0. The molecular weight excluding hydrogens is 689 g/mol. The van der Waals surface area contributed by atoms with E-state index in [-0.39, 0.29) is 0 Å². The van der Waals surface area contributed by atoms with Gasteiger partial charge in [0.15, 0.2) is 23.1 Å². The topological polar surface area (TPSA) is 64.7 Å². The van der Waals surface area contributed by atoms with Crippen LogP contribution in [0.2, 0.25) is 0 Å². The van der Waals surface area contributed by atoms with Crippen molar-refractivity contribution in [3.05, 3.63) is 158 Å². The molecule has 11 aromatic rings. The molecule has 5 nitrogen and oxygen atoms in total. The van der Waals surface area contributed by atoms with Crippen molar-refractivity contribution in [3.8, 4) is 56.7 Å². The number of thiophene rings is 2. The molecule has 0 saturated heterocycles. The molecule has 7 aromatic carbocycles. The van der Waals surface area contributed by atoms with Crippen molar-refractivity contribution >= 4 is 74.1 Å². The van der Waals surface area contributed by atoms with E-state index in [9.17, 15) is 0 Å². The molecule has 4 heterocycles. The van der Waals surface area contributed by atoms with Crippen molar-refractivity contribution < 1.29 is 4.42 Å². The number of rotatable bonds is 5. The average Bonchev–Trinajstić information content (AvgIpc) is 3.94. The highest BCUT2D eigenvalue weighted by molar-refractivity contribution is 7.26. The second-order valence-corrected chi connectivity index (χ2v) is 15.2. The number of aromatic nitrogens is 4. The fraction of sp³-hybridized carbons (Fsp3) is 0. The quantitative estimate of drug-likeness (QED) is 0.178. The van der Waals surface area contributed by atoms with E-state index >= 15 is 0 Å². The van der Waals surface area contributed by atoms with E-state index in [1.54, 1.807) is 11.3 Å². The van der Waals surface area contributed by atoms with Gasteiger partial charge in [0.1, 0.15) is 5.52 Å². The molecule has 0 radical (unpaired) electrons. The SMILES string of the molecule is c1ccc(-c2nc(-c3cccc(-c4cccc5c4sc4ccc(-c6nc7ccccc7o6)cc45)c3)nc(-c3ccc4sc5ccccc5c4c3)n2)cc1. The minimum Gasteiger partial charge on any atom is -0.436 e. The van der Waals surface area contributed by atoms with Crippen LogP contribution in [0.25, 0.3) is 108 Å². The van der Waals surface area contributed by atoms with E-state index in [0.29, 0.717) is 23.4 Å². The van der Waals surface area contributed by atoms with Crippen LogP contribution in [-0.4, -0.2) is 19.9 Å². The summed E-state index contributed by atoms with van der Waals surface area (Å²) in [5, 5.41) is 4.85. The zero-order chi connectivity index (χ0) is 34.9. The lowest BCUT2D eigenvalue weighted by molar-refractivity contribution is 0.620. The van der Waals surface area contributed by atoms with Gasteiger partial charge in [-0.15, -0.1) is 22.7 Å². The third kappa shape index (κ3) is 5.12. The molecule has 0 bridgehead atoms. The fourth-order valence-electron chi connectivity index (χ4n) is 7.20. The minimum absolute atomic E-state index is 0.631. The monoisotopic (exact) mass is 714 g/mol. The molecule has 0 saturated carbocycles. The van der Waals surface area contributed by atoms with E-state index in [1.807, 2.05) is 65.9 Å². The first-order valence-electron chi connectivity index (χ1n) is 17.4. The van der Waals surface area contributed by atoms with Crippen molar-refractivity contribution in [1.29, 1.82) is 0 Å². The minimum atomic E-state index is 0.631. The van der Waals surface area contributed by atoms with Crippen LogP contribution >= 0.6 is 22.7 Å². The number of fused-ring (bicyclic) bond motifs is 7. The molecule has 0 unspecified atom stereocenters. The molecule has 0 fully saturated rings. The predicted molar refractivity (Wildman–Crippen MR) is 220 cm³/mol. The maximum atomic E-state index is 6.12. The van der Waals surface area contributed by atoms with E-state index in [4.69, 9.17) is 24.4 Å². The predicted octanol–water partition coefficient (Wildman–Crippen LogP) is 13.1. The summed E-state index contributed by atoms with van der Waals surface area (Å²) >= 11 is 3.61. The Hall–Kier alpha value is -6.54. The normalized spacial score (nSPS) is 11.8. The number of oxazole rings is 1. The molecule has 53 heavy (non-hydrogen) atoms. The third-order valence-corrected chi connectivity index (χ3v) is 12.1. The second kappa shape index (κ2) is 12.0. The first kappa shape index (κ1) is 30.1. The largest absolute Gasteiger partial charge is 0.436 e. The molecule has 0 atom stereocenters. The van der Waals surface area contributed by atoms with E-state index in [1.165, 1.54) is 45.9 Å². The van der Waals surface area contributed by atoms with Crippen LogP contribution in [0.4, 0.5) is 0 Å². The second-order valence-electron chi connectivity index (χ2n) is 13.0. The Morgan fingerprint density at radius 2 is 0.981 bits per heavy atom. The number of hydrogen-bond acceptors (Lipinski definition) is 7. The smallest absolute Gasteiger partial charge is 0.227 e. The average molecular weight is 715 g/mol. The van der Waals surface area contributed by atoms with Gasteiger partial charge < -0.3 is 4.42 Å². The molecule has 0 aliphatic heterocycles. The number of nitrogens with zero attached hydrogens (tertiary/aromatic N) is 4. The Kier molecular flexibility index (Phi) is 6.83. The van der Waals surface area contributed by atoms with Crippen molar-refractivity contribution in [2.24, 2.45) is 0 Å². The maximum absolute atomic E-state index is 6.12. The molecule has 0 aliphatic rings. The summed E-state index contributed by atoms with van der Waals surface area (Å²) in [4.78, 5) is 20.0. The first-order chi connectivity index (χ1) is 26.2. The molecule has 4 aromatic heterocycles. The lowest BCUT2D eigenvalue weighted by Crippen LogP contribution is -2.00. The van der Waals surface area contributed by atoms with Gasteiger partial charge in [-0.1, -0.05) is 97.1 Å². The van der Waals surface area contributed by atoms with Crippen LogP contribution in [0.1, 0.15) is 0 Å². The Morgan fingerprint density at radius 3 is 1.85 bits per heavy atom. The van der Waals surface area contributed by atoms with Gasteiger partial charge in [0.05, 0.1) is 0 Å². The highest BCUT2D eigenvalue weighted by Crippen LogP contribution is 2.42. The molecule has 0 N–H and O–H groups in total. The Morgan fingerprint density at radius 1 is 0.377 bits per heavy atom. The standard InChI is InChI=1S/C46H26N4OS2/c1-2-10-27(11-3-1)43-48-44(50-45(49-43)30-20-22-40-35(25-30)33-14-4-7-19-39(33)52-40)29-13-8-12-28(24-29)32-15-9-16-34-36-26-31(21-23-41(36)53-42(32)34)46-47-37-17-5-6-18-38(37)51-46/h1-26H. The van der Waals surface area contributed by atoms with Crippen LogP contribution in [0, 0.1) is 0 Å². The van der Waals surface area contributed by atoms with Gasteiger partial charge in [-0.2, -0.15) is 0 Å². The molecule has 11 rings (SSSR count). The number of para-hydroxylation sites is 2. The molecule has 0 aliphatic carbocycles. The Labute approximate surface area is 311 Å². The molecule has 0 spiro atoms. The van der Waals surface area contributed by atoms with Gasteiger partial charge in [-0.05, 0) is 71.8 Å². The Balaban J connectivity index is 1.03. The van der Waals surface area contributed by atoms with Crippen LogP contribution in [0.3, 0.4) is 0 Å². The third-order valence-electron chi connectivity index (χ3n) is 9.77. The van der Waals surface area contributed by atoms with Crippen LogP contribution in [0.5, 0.6) is 0 Å². The van der Waals surface area contributed by atoms with Gasteiger partial charge in [0.2, 0.25) is 5.89 Å². The molecule has 0 amide bonds. The maximum Gasteiger partial charge on any atom is 0.227 e. The summed E-state index contributed by atoms with van der Waals surface area (Å²) in [6, 6.07) is 54.7. The van der Waals surface area contributed by atoms with E-state index in [0.717, 1.165) is 38.9 Å². The fourth-order valence-corrected chi connectivity index (χ4v) is 9.50. The zero-order valence-corrected chi connectivity index (χ0v) is 29.7. The van der Waals surface area contributed by atoms with Crippen molar-refractivity contribution in [3.63, 3.8) is 0 Å². The van der Waals surface area contributed by atoms with Gasteiger partial charge in [-0.25, -0.2) is 19.9 Å². The Bertz CT molecular complexity index is 3160. The summed E-state index contributed by atoms with van der Waals surface area (Å²) in [5.41, 5.74) is 7.73. The summed E-state index contributed by atoms with van der Waals surface area (Å²) in [5.74, 6) is 2.56. The molecule has 7 heteroatoms. The van der Waals surface area contributed by atoms with Crippen LogP contribution in [-0.2, 0) is 0 Å². The lowest BCUT2D eigenvalue weighted by atomic mass is 10.00. The van der Waals surface area contributed by atoms with Gasteiger partial charge in [-0.3, -0.25) is 0 Å². The first-order valence-corrected chi connectivity index (χ1v) is 19.0. The van der Waals surface area contributed by atoms with Crippen molar-refractivity contribution in [2.45, 2.75) is 0 Å². The highest BCUT2D eigenvalue weighted by Gasteiger charge is 2.17. The zero-order valence-electron chi connectivity index (χ0n) is 28.0. The van der Waals surface area contributed by atoms with Crippen LogP contribution in [0.15, 0.2) is 162 Å². The van der Waals surface area contributed by atoms with Crippen LogP contribution < -0.4 is 0 Å². The van der Waals surface area contributed by atoms with Crippen molar-refractivity contribution in [1.82, 2.24) is 19.9 Å². The lowest BCUT2D eigenvalue weighted by Gasteiger charge is -2.10. The van der Waals surface area contributed by atoms with Gasteiger partial charge in [0.25, 0.3) is 0 Å². The van der Waals surface area contributed by atoms with Gasteiger partial charge >= 0.3 is 0 Å². The van der Waals surface area contributed by atoms with E-state index < -0.39 is 0 Å². The molecule has 248 valence electrons.